The lowest BCUT2D eigenvalue weighted by Gasteiger charge is -2.38. The molecule has 1 aliphatic rings. The minimum absolute atomic E-state index is 0.0274. The van der Waals surface area contributed by atoms with E-state index < -0.39 is 67.7 Å². The summed E-state index contributed by atoms with van der Waals surface area (Å²) in [6.07, 6.45) is 14.9. The van der Waals surface area contributed by atoms with Crippen LogP contribution in [-0.4, -0.2) is 100 Å². The summed E-state index contributed by atoms with van der Waals surface area (Å²) >= 11 is 0. The number of carbonyl (C=O) groups excluding carboxylic acids is 4. The molecule has 64 heavy (non-hydrogen) atoms. The second-order valence-electron chi connectivity index (χ2n) is 19.2. The van der Waals surface area contributed by atoms with Gasteiger partial charge in [0.15, 0.2) is 26.3 Å². The average Bonchev–Trinajstić information content (AvgIpc) is 3.69. The highest BCUT2D eigenvalue weighted by atomic mass is 28.4. The maximum atomic E-state index is 14.6. The van der Waals surface area contributed by atoms with Crippen molar-refractivity contribution in [1.82, 2.24) is 5.32 Å². The first kappa shape index (κ1) is 56.4. The van der Waals surface area contributed by atoms with E-state index in [9.17, 15) is 24.3 Å². The standard InChI is InChI=1S/C50H81NO12Si/c1-12-14-16-20-23-30-49(60-35-36-61-49)31-24-21-18-17-19-22-25-41(50(56,46(55)63-47(3,4)5)32-34-62-64(10,11)48(6,7)8)44(53)51-42(45(54)59-38-43(52)57-9)37-39-26-28-40(29-27-39)58-33-15-13-2/h22,25-29,41-42,56H,12,14,16-21,23-24,30-38H2,1-11H3,(H,51,53)/t41-,42+,50+/m1/s1. The molecule has 0 aliphatic carbocycles. The van der Waals surface area contributed by atoms with E-state index >= 15 is 0 Å². The topological polar surface area (TPSA) is 165 Å². The van der Waals surface area contributed by atoms with Gasteiger partial charge in [0.25, 0.3) is 0 Å². The molecule has 1 heterocycles. The van der Waals surface area contributed by atoms with Crippen LogP contribution in [0.15, 0.2) is 36.4 Å². The lowest BCUT2D eigenvalue weighted by Crippen LogP contribution is -2.57. The second kappa shape index (κ2) is 27.7. The highest BCUT2D eigenvalue weighted by Crippen LogP contribution is 2.38. The summed E-state index contributed by atoms with van der Waals surface area (Å²) in [5, 5.41) is 15.2. The number of benzene rings is 1. The zero-order valence-electron chi connectivity index (χ0n) is 41.0. The third kappa shape index (κ3) is 20.2. The number of methoxy groups -OCH3 is 1. The number of carbonyl (C=O) groups is 4. The fourth-order valence-electron chi connectivity index (χ4n) is 6.94. The Morgan fingerprint density at radius 1 is 0.922 bits per heavy atom. The zero-order chi connectivity index (χ0) is 47.9. The van der Waals surface area contributed by atoms with Gasteiger partial charge in [-0.3, -0.25) is 4.79 Å². The van der Waals surface area contributed by atoms with Crippen LogP contribution in [0.3, 0.4) is 0 Å². The van der Waals surface area contributed by atoms with Gasteiger partial charge in [0, 0.05) is 32.3 Å². The number of allylic oxidation sites excluding steroid dienone is 1. The Bertz CT molecular complexity index is 1660. The van der Waals surface area contributed by atoms with Crippen molar-refractivity contribution in [2.45, 2.75) is 186 Å². The monoisotopic (exact) mass is 916 g/mol. The molecule has 0 aromatic heterocycles. The van der Waals surface area contributed by atoms with Crippen LogP contribution in [0.1, 0.15) is 144 Å². The molecule has 1 amide bonds. The Hall–Kier alpha value is -3.74. The first-order valence-corrected chi connectivity index (χ1v) is 26.2. The van der Waals surface area contributed by atoms with Crippen LogP contribution in [0.5, 0.6) is 5.75 Å². The fourth-order valence-corrected chi connectivity index (χ4v) is 7.98. The summed E-state index contributed by atoms with van der Waals surface area (Å²) < 4.78 is 40.0. The molecule has 1 aromatic rings. The number of rotatable bonds is 29. The summed E-state index contributed by atoms with van der Waals surface area (Å²) in [7, 11) is -1.19. The summed E-state index contributed by atoms with van der Waals surface area (Å²) in [5.41, 5.74) is -2.77. The molecule has 0 radical (unpaired) electrons. The number of aliphatic hydroxyl groups is 1. The SMILES string of the molecule is CC#CCOc1ccc(C[C@H](NC(=O)[C@@H](C=CCCCCCCC2(CCCCCCC)OCCO2)[C@@](O)(CCO[Si](C)(C)C(C)(C)C)C(=O)OC(C)(C)C)C(=O)OCC(=O)OC)cc1. The Kier molecular flexibility index (Phi) is 24.4. The molecule has 13 nitrogen and oxygen atoms in total. The number of unbranched alkanes of at least 4 members (excludes halogenated alkanes) is 8. The van der Waals surface area contributed by atoms with Crippen LogP contribution in [0, 0.1) is 17.8 Å². The van der Waals surface area contributed by atoms with Crippen molar-refractivity contribution >= 4 is 32.1 Å². The van der Waals surface area contributed by atoms with Gasteiger partial charge in [0.05, 0.1) is 26.2 Å². The summed E-state index contributed by atoms with van der Waals surface area (Å²) in [6, 6.07) is 5.56. The van der Waals surface area contributed by atoms with Crippen LogP contribution >= 0.6 is 0 Å². The van der Waals surface area contributed by atoms with Crippen LogP contribution in [0.2, 0.25) is 18.1 Å². The van der Waals surface area contributed by atoms with E-state index in [0.29, 0.717) is 30.9 Å². The number of ether oxygens (including phenoxy) is 6. The molecule has 2 N–H and O–H groups in total. The van der Waals surface area contributed by atoms with Crippen molar-refractivity contribution < 1.29 is 57.1 Å². The molecule has 14 heteroatoms. The van der Waals surface area contributed by atoms with Crippen molar-refractivity contribution in [2.24, 2.45) is 5.92 Å². The third-order valence-corrected chi connectivity index (χ3v) is 16.3. The molecule has 1 aromatic carbocycles. The summed E-state index contributed by atoms with van der Waals surface area (Å²) in [4.78, 5) is 54.4. The van der Waals surface area contributed by atoms with Crippen LogP contribution in [0.4, 0.5) is 0 Å². The van der Waals surface area contributed by atoms with E-state index in [2.05, 4.69) is 62.7 Å². The molecule has 0 spiro atoms. The van der Waals surface area contributed by atoms with E-state index in [1.54, 1.807) is 58.0 Å². The minimum Gasteiger partial charge on any atom is -0.481 e. The molecule has 362 valence electrons. The Balaban J connectivity index is 2.40. The lowest BCUT2D eigenvalue weighted by atomic mass is 9.82. The van der Waals surface area contributed by atoms with Crippen LogP contribution in [-0.2, 0) is 53.7 Å². The Labute approximate surface area is 385 Å². The third-order valence-electron chi connectivity index (χ3n) is 11.8. The van der Waals surface area contributed by atoms with Gasteiger partial charge >= 0.3 is 17.9 Å². The number of nitrogens with one attached hydrogen (secondary N) is 1. The van der Waals surface area contributed by atoms with Crippen LogP contribution < -0.4 is 10.1 Å². The molecule has 2 rings (SSSR count). The summed E-state index contributed by atoms with van der Waals surface area (Å²) in [6.45, 7) is 20.1. The van der Waals surface area contributed by atoms with Gasteiger partial charge in [0.1, 0.15) is 24.0 Å². The first-order valence-electron chi connectivity index (χ1n) is 23.3. The van der Waals surface area contributed by atoms with Gasteiger partial charge in [-0.25, -0.2) is 14.4 Å². The van der Waals surface area contributed by atoms with Crippen molar-refractivity contribution in [1.29, 1.82) is 0 Å². The molecule has 0 unspecified atom stereocenters. The molecular formula is C50H81NO12Si. The highest BCUT2D eigenvalue weighted by Gasteiger charge is 2.50. The molecule has 3 atom stereocenters. The Morgan fingerprint density at radius 3 is 2.09 bits per heavy atom. The van der Waals surface area contributed by atoms with E-state index in [0.717, 1.165) is 44.9 Å². The van der Waals surface area contributed by atoms with Gasteiger partial charge in [-0.05, 0) is 89.2 Å². The van der Waals surface area contributed by atoms with Crippen molar-refractivity contribution in [3.05, 3.63) is 42.0 Å². The van der Waals surface area contributed by atoms with E-state index in [4.69, 9.17) is 28.1 Å². The number of amides is 1. The molecule has 1 fully saturated rings. The number of esters is 3. The normalized spacial score (nSPS) is 15.9. The van der Waals surface area contributed by atoms with Gasteiger partial charge in [-0.1, -0.05) is 96.4 Å². The first-order chi connectivity index (χ1) is 30.1. The Morgan fingerprint density at radius 2 is 1.53 bits per heavy atom. The van der Waals surface area contributed by atoms with E-state index in [1.807, 2.05) is 0 Å². The summed E-state index contributed by atoms with van der Waals surface area (Å²) in [5.74, 6) is 0.670. The van der Waals surface area contributed by atoms with Gasteiger partial charge in [0.2, 0.25) is 5.91 Å². The molecule has 0 saturated carbocycles. The van der Waals surface area contributed by atoms with Crippen molar-refractivity contribution in [3.63, 3.8) is 0 Å². The quantitative estimate of drug-likeness (QED) is 0.0196. The fraction of sp³-hybridized carbons (Fsp3) is 0.720. The largest absolute Gasteiger partial charge is 0.481 e. The molecular weight excluding hydrogens is 835 g/mol. The second-order valence-corrected chi connectivity index (χ2v) is 24.0. The zero-order valence-corrected chi connectivity index (χ0v) is 42.0. The van der Waals surface area contributed by atoms with Gasteiger partial charge in [-0.2, -0.15) is 0 Å². The predicted molar refractivity (Wildman–Crippen MR) is 251 cm³/mol. The highest BCUT2D eigenvalue weighted by molar-refractivity contribution is 6.74. The van der Waals surface area contributed by atoms with Gasteiger partial charge < -0.3 is 43.3 Å². The predicted octanol–water partition coefficient (Wildman–Crippen LogP) is 8.93. The molecule has 1 aliphatic heterocycles. The molecule has 1 saturated heterocycles. The van der Waals surface area contributed by atoms with Crippen molar-refractivity contribution in [3.8, 4) is 17.6 Å². The van der Waals surface area contributed by atoms with E-state index in [1.165, 1.54) is 38.9 Å². The van der Waals surface area contributed by atoms with E-state index in [-0.39, 0.29) is 31.1 Å². The maximum Gasteiger partial charge on any atom is 0.344 e. The minimum atomic E-state index is -2.40. The smallest absolute Gasteiger partial charge is 0.344 e. The van der Waals surface area contributed by atoms with Gasteiger partial charge in [-0.15, -0.1) is 5.92 Å². The van der Waals surface area contributed by atoms with Crippen LogP contribution in [0.25, 0.3) is 0 Å². The average molecular weight is 916 g/mol. The maximum absolute atomic E-state index is 14.6. The molecule has 0 bridgehead atoms. The lowest BCUT2D eigenvalue weighted by molar-refractivity contribution is -0.185. The number of hydrogen-bond acceptors (Lipinski definition) is 12. The number of hydrogen-bond donors (Lipinski definition) is 2. The van der Waals surface area contributed by atoms with Crippen molar-refractivity contribution in [2.75, 3.05) is 40.1 Å².